The van der Waals surface area contributed by atoms with E-state index in [0.717, 1.165) is 27.4 Å². The van der Waals surface area contributed by atoms with Crippen LogP contribution in [0.15, 0.2) is 100 Å². The van der Waals surface area contributed by atoms with Crippen LogP contribution in [-0.4, -0.2) is 23.2 Å². The van der Waals surface area contributed by atoms with Crippen LogP contribution in [0.3, 0.4) is 0 Å². The third kappa shape index (κ3) is 4.94. The van der Waals surface area contributed by atoms with Crippen LogP contribution in [0.5, 0.6) is 5.88 Å². The zero-order valence-corrected chi connectivity index (χ0v) is 21.4. The Balaban J connectivity index is 1.52. The lowest BCUT2D eigenvalue weighted by molar-refractivity contribution is 0.430. The Morgan fingerprint density at radius 2 is 1.73 bits per heavy atom. The van der Waals surface area contributed by atoms with E-state index in [-0.39, 0.29) is 27.3 Å². The SMILES string of the molecule is Cc1ccc2c(c1)c(N=NC(=S)Nc1ccccc1S(N)(=O)=O)c(O)n2Cc1cccc2ccccc12. The van der Waals surface area contributed by atoms with Crippen molar-refractivity contribution >= 4 is 60.4 Å². The fraction of sp³-hybridized carbons (Fsp3) is 0.0741. The number of rotatable bonds is 5. The van der Waals surface area contributed by atoms with Gasteiger partial charge in [0, 0.05) is 5.39 Å². The van der Waals surface area contributed by atoms with E-state index >= 15 is 0 Å². The molecule has 1 aromatic heterocycles. The summed E-state index contributed by atoms with van der Waals surface area (Å²) in [5.41, 5.74) is 3.29. The number of para-hydroxylation sites is 1. The van der Waals surface area contributed by atoms with Gasteiger partial charge in [-0.15, -0.1) is 10.2 Å². The quantitative estimate of drug-likeness (QED) is 0.191. The third-order valence-electron chi connectivity index (χ3n) is 6.05. The first-order valence-corrected chi connectivity index (χ1v) is 13.3. The van der Waals surface area contributed by atoms with Crippen molar-refractivity contribution in [3.63, 3.8) is 0 Å². The fourth-order valence-corrected chi connectivity index (χ4v) is 5.19. The molecule has 4 N–H and O–H groups in total. The maximum absolute atomic E-state index is 11.9. The molecule has 0 aliphatic heterocycles. The summed E-state index contributed by atoms with van der Waals surface area (Å²) < 4.78 is 25.5. The summed E-state index contributed by atoms with van der Waals surface area (Å²) in [6.45, 7) is 2.38. The summed E-state index contributed by atoms with van der Waals surface area (Å²) in [6.07, 6.45) is 0. The number of aromatic nitrogens is 1. The number of anilines is 1. The first-order chi connectivity index (χ1) is 17.7. The molecule has 1 heterocycles. The van der Waals surface area contributed by atoms with Gasteiger partial charge in [0.2, 0.25) is 21.0 Å². The van der Waals surface area contributed by atoms with Crippen LogP contribution < -0.4 is 10.5 Å². The minimum atomic E-state index is -3.97. The van der Waals surface area contributed by atoms with Crippen LogP contribution >= 0.6 is 12.2 Å². The Bertz CT molecular complexity index is 1810. The minimum absolute atomic E-state index is 0.0509. The molecule has 0 aliphatic rings. The average Bonchev–Trinajstić information content (AvgIpc) is 3.12. The van der Waals surface area contributed by atoms with Crippen LogP contribution in [-0.2, 0) is 16.6 Å². The molecular weight excluding hydrogens is 506 g/mol. The maximum atomic E-state index is 11.9. The largest absolute Gasteiger partial charge is 0.493 e. The lowest BCUT2D eigenvalue weighted by Crippen LogP contribution is -2.16. The van der Waals surface area contributed by atoms with Crippen molar-refractivity contribution in [2.75, 3.05) is 5.32 Å². The molecule has 0 atom stereocenters. The van der Waals surface area contributed by atoms with Crippen LogP contribution in [0.25, 0.3) is 21.7 Å². The predicted molar refractivity (Wildman–Crippen MR) is 150 cm³/mol. The van der Waals surface area contributed by atoms with Crippen molar-refractivity contribution in [2.24, 2.45) is 15.4 Å². The maximum Gasteiger partial charge on any atom is 0.240 e. The van der Waals surface area contributed by atoms with Crippen molar-refractivity contribution in [1.29, 1.82) is 0 Å². The molecule has 10 heteroatoms. The number of azo groups is 1. The van der Waals surface area contributed by atoms with Gasteiger partial charge >= 0.3 is 0 Å². The van der Waals surface area contributed by atoms with Crippen LogP contribution in [0.2, 0.25) is 0 Å². The zero-order chi connectivity index (χ0) is 26.2. The third-order valence-corrected chi connectivity index (χ3v) is 7.20. The molecule has 5 rings (SSSR count). The summed E-state index contributed by atoms with van der Waals surface area (Å²) in [5, 5.41) is 30.5. The monoisotopic (exact) mass is 529 g/mol. The number of aromatic hydroxyl groups is 1. The fourth-order valence-electron chi connectivity index (χ4n) is 4.35. The van der Waals surface area contributed by atoms with Gasteiger partial charge in [-0.2, -0.15) is 0 Å². The number of thiocarbonyl (C=S) groups is 1. The van der Waals surface area contributed by atoms with Crippen LogP contribution in [0.1, 0.15) is 11.1 Å². The molecule has 0 saturated carbocycles. The second-order valence-electron chi connectivity index (χ2n) is 8.59. The molecule has 0 saturated heterocycles. The molecule has 37 heavy (non-hydrogen) atoms. The molecule has 0 unspecified atom stereocenters. The topological polar surface area (TPSA) is 122 Å². The number of hydrogen-bond donors (Lipinski definition) is 3. The summed E-state index contributed by atoms with van der Waals surface area (Å²) in [4.78, 5) is -0.113. The molecule has 186 valence electrons. The van der Waals surface area contributed by atoms with Crippen molar-refractivity contribution in [1.82, 2.24) is 4.57 Å². The van der Waals surface area contributed by atoms with E-state index in [4.69, 9.17) is 17.4 Å². The van der Waals surface area contributed by atoms with Gasteiger partial charge < -0.3 is 15.0 Å². The Labute approximate surface area is 219 Å². The number of fused-ring (bicyclic) bond motifs is 2. The van der Waals surface area contributed by atoms with E-state index in [9.17, 15) is 13.5 Å². The average molecular weight is 530 g/mol. The van der Waals surface area contributed by atoms with Gasteiger partial charge in [-0.25, -0.2) is 13.6 Å². The summed E-state index contributed by atoms with van der Waals surface area (Å²) in [7, 11) is -3.97. The molecule has 0 bridgehead atoms. The number of nitrogens with two attached hydrogens (primary N) is 1. The van der Waals surface area contributed by atoms with Crippen molar-refractivity contribution in [3.05, 3.63) is 96.1 Å². The van der Waals surface area contributed by atoms with Gasteiger partial charge in [0.05, 0.1) is 17.7 Å². The molecule has 5 aromatic rings. The summed E-state index contributed by atoms with van der Waals surface area (Å²) in [5.74, 6) is -0.0509. The van der Waals surface area contributed by atoms with Gasteiger partial charge in [-0.1, -0.05) is 66.2 Å². The van der Waals surface area contributed by atoms with Gasteiger partial charge in [0.15, 0.2) is 5.69 Å². The predicted octanol–water partition coefficient (Wildman–Crippen LogP) is 5.98. The molecule has 0 amide bonds. The smallest absolute Gasteiger partial charge is 0.240 e. The second kappa shape index (κ2) is 9.74. The molecule has 0 radical (unpaired) electrons. The number of sulfonamides is 1. The normalized spacial score (nSPS) is 11.9. The Morgan fingerprint density at radius 1 is 1.00 bits per heavy atom. The van der Waals surface area contributed by atoms with Crippen LogP contribution in [0, 0.1) is 6.92 Å². The number of hydrogen-bond acceptors (Lipinski definition) is 5. The molecule has 0 aliphatic carbocycles. The molecule has 4 aromatic carbocycles. The highest BCUT2D eigenvalue weighted by Gasteiger charge is 2.19. The van der Waals surface area contributed by atoms with E-state index in [1.165, 1.54) is 12.1 Å². The highest BCUT2D eigenvalue weighted by atomic mass is 32.2. The zero-order valence-electron chi connectivity index (χ0n) is 19.8. The standard InChI is InChI=1S/C27H23N5O3S2/c1-17-13-14-23-21(15-17)25(30-31-27(36)29-22-11-4-5-12-24(22)37(28,34)35)26(33)32(23)16-19-9-6-8-18-7-2-3-10-20(18)19/h2-15,33H,16H2,1H3,(H,29,36)(H2,28,34,35). The van der Waals surface area contributed by atoms with Gasteiger partial charge in [-0.05, 0) is 59.7 Å². The molecule has 0 fully saturated rings. The molecular formula is C27H23N5O3S2. The number of aryl methyl sites for hydroxylation is 1. The number of benzene rings is 4. The summed E-state index contributed by atoms with van der Waals surface area (Å²) >= 11 is 5.28. The lowest BCUT2D eigenvalue weighted by atomic mass is 10.0. The Hall–Kier alpha value is -4.12. The Kier molecular flexibility index (Phi) is 6.46. The number of nitrogens with one attached hydrogen (secondary N) is 1. The van der Waals surface area contributed by atoms with Crippen molar-refractivity contribution in [3.8, 4) is 5.88 Å². The van der Waals surface area contributed by atoms with Gasteiger partial charge in [0.25, 0.3) is 0 Å². The van der Waals surface area contributed by atoms with Gasteiger partial charge in [0.1, 0.15) is 4.90 Å². The van der Waals surface area contributed by atoms with E-state index in [0.29, 0.717) is 11.9 Å². The highest BCUT2D eigenvalue weighted by molar-refractivity contribution is 7.89. The van der Waals surface area contributed by atoms with Crippen molar-refractivity contribution < 1.29 is 13.5 Å². The lowest BCUT2D eigenvalue weighted by Gasteiger charge is -2.10. The number of nitrogens with zero attached hydrogens (tertiary/aromatic N) is 3. The van der Waals surface area contributed by atoms with E-state index < -0.39 is 10.0 Å². The molecule has 0 spiro atoms. The second-order valence-corrected chi connectivity index (χ2v) is 10.5. The van der Waals surface area contributed by atoms with E-state index in [2.05, 4.69) is 33.7 Å². The first kappa shape index (κ1) is 24.6. The highest BCUT2D eigenvalue weighted by Crippen LogP contribution is 2.40. The van der Waals surface area contributed by atoms with E-state index in [1.807, 2.05) is 49.4 Å². The van der Waals surface area contributed by atoms with Crippen molar-refractivity contribution in [2.45, 2.75) is 18.4 Å². The first-order valence-electron chi connectivity index (χ1n) is 11.4. The van der Waals surface area contributed by atoms with Crippen LogP contribution in [0.4, 0.5) is 11.4 Å². The summed E-state index contributed by atoms with van der Waals surface area (Å²) in [6, 6.07) is 26.1. The Morgan fingerprint density at radius 3 is 2.54 bits per heavy atom. The van der Waals surface area contributed by atoms with Gasteiger partial charge in [-0.3, -0.25) is 0 Å². The number of primary sulfonamides is 1. The molecule has 8 nitrogen and oxygen atoms in total. The minimum Gasteiger partial charge on any atom is -0.493 e. The van der Waals surface area contributed by atoms with E-state index in [1.54, 1.807) is 16.7 Å².